The van der Waals surface area contributed by atoms with Gasteiger partial charge in [-0.3, -0.25) is 4.79 Å². The minimum absolute atomic E-state index is 0.221. The zero-order chi connectivity index (χ0) is 15.1. The Morgan fingerprint density at radius 3 is 2.24 bits per heavy atom. The van der Waals surface area contributed by atoms with Crippen LogP contribution in [0.3, 0.4) is 0 Å². The number of hydrogen-bond acceptors (Lipinski definition) is 2. The van der Waals surface area contributed by atoms with E-state index in [-0.39, 0.29) is 11.9 Å². The molecule has 2 N–H and O–H groups in total. The smallest absolute Gasteiger partial charge is 0.244 e. The minimum Gasteiger partial charge on any atom is -0.386 e. The lowest BCUT2D eigenvalue weighted by molar-refractivity contribution is -0.117. The fraction of sp³-hybridized carbons (Fsp3) is 0.167. The number of carbonyl (C=O) groups is 1. The van der Waals surface area contributed by atoms with E-state index in [9.17, 15) is 9.90 Å². The molecule has 2 rings (SSSR count). The van der Waals surface area contributed by atoms with Crippen molar-refractivity contribution in [3.63, 3.8) is 0 Å². The summed E-state index contributed by atoms with van der Waals surface area (Å²) in [6, 6.07) is 18.5. The van der Waals surface area contributed by atoms with Gasteiger partial charge in [-0.05, 0) is 24.1 Å². The summed E-state index contributed by atoms with van der Waals surface area (Å²) in [5.74, 6) is -0.221. The van der Waals surface area contributed by atoms with E-state index in [0.717, 1.165) is 11.1 Å². The van der Waals surface area contributed by atoms with Gasteiger partial charge in [0, 0.05) is 6.08 Å². The van der Waals surface area contributed by atoms with Crippen LogP contribution in [0, 0.1) is 0 Å². The van der Waals surface area contributed by atoms with Gasteiger partial charge in [0.1, 0.15) is 0 Å². The summed E-state index contributed by atoms with van der Waals surface area (Å²) >= 11 is 0. The summed E-state index contributed by atoms with van der Waals surface area (Å²) in [6.45, 7) is 1.78. The van der Waals surface area contributed by atoms with Gasteiger partial charge in [0.25, 0.3) is 0 Å². The van der Waals surface area contributed by atoms with Crippen molar-refractivity contribution < 1.29 is 9.90 Å². The molecule has 0 aliphatic carbocycles. The number of carbonyl (C=O) groups excluding carboxylic acids is 1. The SMILES string of the molecule is C[C@@H](NC(=O)/C=C/c1ccccc1)[C@H](O)c1ccccc1. The Hall–Kier alpha value is -2.39. The number of nitrogens with one attached hydrogen (secondary N) is 1. The molecule has 21 heavy (non-hydrogen) atoms. The molecular weight excluding hydrogens is 262 g/mol. The first-order valence-electron chi connectivity index (χ1n) is 6.93. The molecule has 0 heterocycles. The summed E-state index contributed by atoms with van der Waals surface area (Å²) in [5, 5.41) is 13.0. The van der Waals surface area contributed by atoms with Gasteiger partial charge in [-0.2, -0.15) is 0 Å². The molecule has 0 radical (unpaired) electrons. The quantitative estimate of drug-likeness (QED) is 0.828. The van der Waals surface area contributed by atoms with E-state index >= 15 is 0 Å². The summed E-state index contributed by atoms with van der Waals surface area (Å²) in [7, 11) is 0. The number of rotatable bonds is 5. The third-order valence-electron chi connectivity index (χ3n) is 3.21. The van der Waals surface area contributed by atoms with Crippen LogP contribution in [0.2, 0.25) is 0 Å². The topological polar surface area (TPSA) is 49.3 Å². The Morgan fingerprint density at radius 1 is 1.05 bits per heavy atom. The Labute approximate surface area is 124 Å². The molecule has 0 fully saturated rings. The van der Waals surface area contributed by atoms with E-state index in [0.29, 0.717) is 0 Å². The second kappa shape index (κ2) is 7.41. The molecule has 3 heteroatoms. The number of benzene rings is 2. The molecule has 2 aromatic rings. The van der Waals surface area contributed by atoms with Crippen LogP contribution >= 0.6 is 0 Å². The Bertz CT molecular complexity index is 593. The molecular formula is C18H19NO2. The van der Waals surface area contributed by atoms with Crippen LogP contribution in [0.1, 0.15) is 24.2 Å². The van der Waals surface area contributed by atoms with Crippen molar-refractivity contribution >= 4 is 12.0 Å². The maximum Gasteiger partial charge on any atom is 0.244 e. The van der Waals surface area contributed by atoms with Gasteiger partial charge in [-0.25, -0.2) is 0 Å². The Morgan fingerprint density at radius 2 is 1.62 bits per heavy atom. The van der Waals surface area contributed by atoms with E-state index in [1.807, 2.05) is 60.7 Å². The third-order valence-corrected chi connectivity index (χ3v) is 3.21. The van der Waals surface area contributed by atoms with Crippen LogP contribution in [-0.2, 0) is 4.79 Å². The van der Waals surface area contributed by atoms with Crippen LogP contribution in [0.15, 0.2) is 66.7 Å². The zero-order valence-electron chi connectivity index (χ0n) is 11.9. The zero-order valence-corrected chi connectivity index (χ0v) is 11.9. The molecule has 0 spiro atoms. The van der Waals surface area contributed by atoms with Crippen LogP contribution < -0.4 is 5.32 Å². The average molecular weight is 281 g/mol. The van der Waals surface area contributed by atoms with Gasteiger partial charge in [0.05, 0.1) is 12.1 Å². The van der Waals surface area contributed by atoms with E-state index in [1.54, 1.807) is 13.0 Å². The number of aliphatic hydroxyl groups is 1. The number of amides is 1. The van der Waals surface area contributed by atoms with Crippen molar-refractivity contribution in [2.24, 2.45) is 0 Å². The lowest BCUT2D eigenvalue weighted by atomic mass is 10.0. The van der Waals surface area contributed by atoms with Crippen LogP contribution in [-0.4, -0.2) is 17.1 Å². The Kier molecular flexibility index (Phi) is 5.29. The molecule has 0 bridgehead atoms. The minimum atomic E-state index is -0.722. The summed E-state index contributed by atoms with van der Waals surface area (Å²) < 4.78 is 0. The molecule has 0 aliphatic heterocycles. The molecule has 0 aliphatic rings. The molecule has 108 valence electrons. The standard InChI is InChI=1S/C18H19NO2/c1-14(18(21)16-10-6-3-7-11-16)19-17(20)13-12-15-8-4-2-5-9-15/h2-14,18,21H,1H3,(H,19,20)/b13-12+/t14-,18+/m1/s1. The van der Waals surface area contributed by atoms with E-state index < -0.39 is 6.10 Å². The number of hydrogen-bond donors (Lipinski definition) is 2. The van der Waals surface area contributed by atoms with Crippen molar-refractivity contribution in [2.45, 2.75) is 19.1 Å². The van der Waals surface area contributed by atoms with Gasteiger partial charge < -0.3 is 10.4 Å². The Balaban J connectivity index is 1.92. The lowest BCUT2D eigenvalue weighted by Crippen LogP contribution is -2.36. The predicted molar refractivity (Wildman–Crippen MR) is 84.5 cm³/mol. The average Bonchev–Trinajstić information content (AvgIpc) is 2.54. The summed E-state index contributed by atoms with van der Waals surface area (Å²) in [6.07, 6.45) is 2.50. The molecule has 2 aromatic carbocycles. The third kappa shape index (κ3) is 4.58. The van der Waals surface area contributed by atoms with E-state index in [1.165, 1.54) is 6.08 Å². The summed E-state index contributed by atoms with van der Waals surface area (Å²) in [5.41, 5.74) is 1.75. The molecule has 2 atom stereocenters. The van der Waals surface area contributed by atoms with Crippen molar-refractivity contribution in [3.8, 4) is 0 Å². The summed E-state index contributed by atoms with van der Waals surface area (Å²) in [4.78, 5) is 11.9. The second-order valence-electron chi connectivity index (χ2n) is 4.90. The molecule has 1 amide bonds. The molecule has 0 saturated carbocycles. The first-order chi connectivity index (χ1) is 10.2. The molecule has 0 unspecified atom stereocenters. The van der Waals surface area contributed by atoms with Gasteiger partial charge in [-0.1, -0.05) is 60.7 Å². The first kappa shape index (κ1) is 15.0. The van der Waals surface area contributed by atoms with Gasteiger partial charge in [-0.15, -0.1) is 0 Å². The van der Waals surface area contributed by atoms with E-state index in [2.05, 4.69) is 5.32 Å². The molecule has 3 nitrogen and oxygen atoms in total. The monoisotopic (exact) mass is 281 g/mol. The highest BCUT2D eigenvalue weighted by Gasteiger charge is 2.16. The fourth-order valence-corrected chi connectivity index (χ4v) is 2.03. The normalized spacial score (nSPS) is 13.8. The van der Waals surface area contributed by atoms with Crippen LogP contribution in [0.4, 0.5) is 0 Å². The second-order valence-corrected chi connectivity index (χ2v) is 4.90. The van der Waals surface area contributed by atoms with Gasteiger partial charge in [0.2, 0.25) is 5.91 Å². The fourth-order valence-electron chi connectivity index (χ4n) is 2.03. The van der Waals surface area contributed by atoms with Crippen molar-refractivity contribution in [2.75, 3.05) is 0 Å². The lowest BCUT2D eigenvalue weighted by Gasteiger charge is -2.19. The van der Waals surface area contributed by atoms with Crippen molar-refractivity contribution in [1.29, 1.82) is 0 Å². The van der Waals surface area contributed by atoms with Gasteiger partial charge >= 0.3 is 0 Å². The largest absolute Gasteiger partial charge is 0.386 e. The van der Waals surface area contributed by atoms with E-state index in [4.69, 9.17) is 0 Å². The van der Waals surface area contributed by atoms with Crippen LogP contribution in [0.25, 0.3) is 6.08 Å². The highest BCUT2D eigenvalue weighted by Crippen LogP contribution is 2.15. The van der Waals surface area contributed by atoms with Crippen LogP contribution in [0.5, 0.6) is 0 Å². The predicted octanol–water partition coefficient (Wildman–Crippen LogP) is 2.94. The first-order valence-corrected chi connectivity index (χ1v) is 6.93. The highest BCUT2D eigenvalue weighted by atomic mass is 16.3. The molecule has 0 saturated heterocycles. The maximum atomic E-state index is 11.9. The number of aliphatic hydroxyl groups excluding tert-OH is 1. The van der Waals surface area contributed by atoms with Crippen molar-refractivity contribution in [3.05, 3.63) is 77.9 Å². The highest BCUT2D eigenvalue weighted by molar-refractivity contribution is 5.91. The van der Waals surface area contributed by atoms with Crippen molar-refractivity contribution in [1.82, 2.24) is 5.32 Å². The van der Waals surface area contributed by atoms with Gasteiger partial charge in [0.15, 0.2) is 0 Å². The maximum absolute atomic E-state index is 11.9. The molecule has 0 aromatic heterocycles.